The summed E-state index contributed by atoms with van der Waals surface area (Å²) in [6.45, 7) is 6.21. The van der Waals surface area contributed by atoms with Gasteiger partial charge in [0.05, 0.1) is 17.3 Å². The molecule has 0 spiro atoms. The first-order valence-corrected chi connectivity index (χ1v) is 8.21. The molecule has 0 aromatic heterocycles. The average molecular weight is 374 g/mol. The van der Waals surface area contributed by atoms with Crippen LogP contribution in [0.3, 0.4) is 0 Å². The Bertz CT molecular complexity index is 693. The number of hydrogen-bond donors (Lipinski definition) is 0. The van der Waals surface area contributed by atoms with E-state index < -0.39 is 0 Å². The summed E-state index contributed by atoms with van der Waals surface area (Å²) < 4.78 is 11.8. The lowest BCUT2D eigenvalue weighted by atomic mass is 10.1. The molecule has 0 amide bonds. The van der Waals surface area contributed by atoms with E-state index in [4.69, 9.17) is 9.47 Å². The molecule has 0 saturated heterocycles. The van der Waals surface area contributed by atoms with Gasteiger partial charge in [-0.2, -0.15) is 0 Å². The first-order valence-electron chi connectivity index (χ1n) is 7.42. The molecule has 0 aliphatic heterocycles. The normalized spacial score (nSPS) is 10.7. The van der Waals surface area contributed by atoms with Crippen LogP contribution in [0, 0.1) is 0 Å². The van der Waals surface area contributed by atoms with Crippen LogP contribution >= 0.6 is 15.9 Å². The van der Waals surface area contributed by atoms with Crippen molar-refractivity contribution in [2.75, 3.05) is 13.7 Å². The van der Waals surface area contributed by atoms with Crippen molar-refractivity contribution in [2.24, 2.45) is 4.99 Å². The van der Waals surface area contributed by atoms with Crippen LogP contribution < -0.4 is 9.47 Å². The van der Waals surface area contributed by atoms with Gasteiger partial charge in [-0.3, -0.25) is 4.99 Å². The second-order valence-corrected chi connectivity index (χ2v) is 5.77. The van der Waals surface area contributed by atoms with Crippen molar-refractivity contribution in [2.45, 2.75) is 13.3 Å². The summed E-state index contributed by atoms with van der Waals surface area (Å²) in [7, 11) is 1.62. The van der Waals surface area contributed by atoms with Gasteiger partial charge >= 0.3 is 0 Å². The largest absolute Gasteiger partial charge is 0.493 e. The highest BCUT2D eigenvalue weighted by atomic mass is 79.9. The number of methoxy groups -OCH3 is 1. The van der Waals surface area contributed by atoms with Crippen molar-refractivity contribution in [3.63, 3.8) is 0 Å². The molecule has 0 saturated carbocycles. The van der Waals surface area contributed by atoms with Crippen LogP contribution in [0.2, 0.25) is 0 Å². The lowest BCUT2D eigenvalue weighted by Crippen LogP contribution is -1.98. The molecule has 2 rings (SSSR count). The van der Waals surface area contributed by atoms with Crippen LogP contribution in [0.15, 0.2) is 58.5 Å². The second kappa shape index (κ2) is 8.53. The minimum atomic E-state index is 0.423. The van der Waals surface area contributed by atoms with Crippen LogP contribution in [0.4, 0.5) is 5.69 Å². The highest BCUT2D eigenvalue weighted by Gasteiger charge is 2.10. The maximum absolute atomic E-state index is 5.62. The van der Waals surface area contributed by atoms with Crippen molar-refractivity contribution >= 4 is 27.8 Å². The molecule has 2 aromatic carbocycles. The maximum atomic E-state index is 5.62. The Morgan fingerprint density at radius 1 is 1.22 bits per heavy atom. The van der Waals surface area contributed by atoms with Gasteiger partial charge in [0.25, 0.3) is 0 Å². The zero-order valence-corrected chi connectivity index (χ0v) is 15.0. The molecule has 0 radical (unpaired) electrons. The van der Waals surface area contributed by atoms with Gasteiger partial charge in [-0.05, 0) is 57.7 Å². The van der Waals surface area contributed by atoms with Gasteiger partial charge in [0.2, 0.25) is 0 Å². The minimum absolute atomic E-state index is 0.423. The lowest BCUT2D eigenvalue weighted by Gasteiger charge is -2.12. The number of aryl methyl sites for hydroxylation is 1. The summed E-state index contributed by atoms with van der Waals surface area (Å²) in [5, 5.41) is 0. The molecular formula is C19H20BrNO2. The topological polar surface area (TPSA) is 30.8 Å². The Labute approximate surface area is 145 Å². The molecule has 0 heterocycles. The Balaban J connectivity index is 2.23. The fraction of sp³-hybridized carbons (Fsp3) is 0.211. The SMILES string of the molecule is C=CCOc1c(Br)cc(C=Nc2ccc(CC)cc2)cc1OC. The summed E-state index contributed by atoms with van der Waals surface area (Å²) >= 11 is 3.51. The number of nitrogens with zero attached hydrogens (tertiary/aromatic N) is 1. The molecule has 0 unspecified atom stereocenters. The van der Waals surface area contributed by atoms with Gasteiger partial charge in [0.15, 0.2) is 11.5 Å². The summed E-state index contributed by atoms with van der Waals surface area (Å²) in [6.07, 6.45) is 4.53. The fourth-order valence-electron chi connectivity index (χ4n) is 2.06. The maximum Gasteiger partial charge on any atom is 0.175 e. The number of hydrogen-bond acceptors (Lipinski definition) is 3. The predicted molar refractivity (Wildman–Crippen MR) is 99.5 cm³/mol. The van der Waals surface area contributed by atoms with Crippen LogP contribution in [0.1, 0.15) is 18.1 Å². The first kappa shape index (κ1) is 17.3. The molecule has 0 fully saturated rings. The molecule has 2 aromatic rings. The van der Waals surface area contributed by atoms with Crippen molar-refractivity contribution in [1.82, 2.24) is 0 Å². The quantitative estimate of drug-likeness (QED) is 0.484. The molecule has 0 N–H and O–H groups in total. The molecule has 0 aliphatic rings. The zero-order chi connectivity index (χ0) is 16.7. The van der Waals surface area contributed by atoms with Gasteiger partial charge in [-0.25, -0.2) is 0 Å². The van der Waals surface area contributed by atoms with Crippen molar-refractivity contribution in [3.8, 4) is 11.5 Å². The van der Waals surface area contributed by atoms with Crippen LogP contribution in [-0.2, 0) is 6.42 Å². The van der Waals surface area contributed by atoms with E-state index in [1.165, 1.54) is 5.56 Å². The Morgan fingerprint density at radius 2 is 1.96 bits per heavy atom. The van der Waals surface area contributed by atoms with E-state index in [0.29, 0.717) is 18.1 Å². The molecule has 3 nitrogen and oxygen atoms in total. The molecule has 0 bridgehead atoms. The number of benzene rings is 2. The van der Waals surface area contributed by atoms with Crippen LogP contribution in [0.25, 0.3) is 0 Å². The van der Waals surface area contributed by atoms with Crippen molar-refractivity contribution in [1.29, 1.82) is 0 Å². The number of halogens is 1. The third kappa shape index (κ3) is 4.70. The number of aliphatic imine (C=N–C) groups is 1. The first-order chi connectivity index (χ1) is 11.2. The molecule has 120 valence electrons. The molecule has 0 atom stereocenters. The van der Waals surface area contributed by atoms with E-state index in [-0.39, 0.29) is 0 Å². The Hall–Kier alpha value is -2.07. The summed E-state index contributed by atoms with van der Waals surface area (Å²) in [4.78, 5) is 4.50. The predicted octanol–water partition coefficient (Wildman–Crippen LogP) is 5.34. The van der Waals surface area contributed by atoms with E-state index in [9.17, 15) is 0 Å². The van der Waals surface area contributed by atoms with Crippen molar-refractivity contribution < 1.29 is 9.47 Å². The Morgan fingerprint density at radius 3 is 2.57 bits per heavy atom. The summed E-state index contributed by atoms with van der Waals surface area (Å²) in [5.41, 5.74) is 3.15. The highest BCUT2D eigenvalue weighted by molar-refractivity contribution is 9.10. The molecule has 0 aliphatic carbocycles. The van der Waals surface area contributed by atoms with Crippen LogP contribution in [0.5, 0.6) is 11.5 Å². The van der Waals surface area contributed by atoms with Gasteiger partial charge in [-0.15, -0.1) is 0 Å². The monoisotopic (exact) mass is 373 g/mol. The Kier molecular flexibility index (Phi) is 6.41. The zero-order valence-electron chi connectivity index (χ0n) is 13.4. The van der Waals surface area contributed by atoms with Gasteiger partial charge in [-0.1, -0.05) is 31.7 Å². The third-order valence-corrected chi connectivity index (χ3v) is 3.89. The van der Waals surface area contributed by atoms with Crippen molar-refractivity contribution in [3.05, 3.63) is 64.7 Å². The van der Waals surface area contributed by atoms with Gasteiger partial charge < -0.3 is 9.47 Å². The van der Waals surface area contributed by atoms with Crippen LogP contribution in [-0.4, -0.2) is 19.9 Å². The molecular weight excluding hydrogens is 354 g/mol. The van der Waals surface area contributed by atoms with E-state index in [1.54, 1.807) is 13.2 Å². The average Bonchev–Trinajstić information content (AvgIpc) is 2.59. The van der Waals surface area contributed by atoms with Gasteiger partial charge in [0.1, 0.15) is 6.61 Å². The minimum Gasteiger partial charge on any atom is -0.493 e. The van der Waals surface area contributed by atoms with E-state index >= 15 is 0 Å². The summed E-state index contributed by atoms with van der Waals surface area (Å²) in [6, 6.07) is 12.1. The third-order valence-electron chi connectivity index (χ3n) is 3.30. The van der Waals surface area contributed by atoms with Gasteiger partial charge in [0, 0.05) is 6.21 Å². The molecule has 23 heavy (non-hydrogen) atoms. The highest BCUT2D eigenvalue weighted by Crippen LogP contribution is 2.36. The summed E-state index contributed by atoms with van der Waals surface area (Å²) in [5.74, 6) is 1.32. The molecule has 4 heteroatoms. The number of rotatable bonds is 7. The standard InChI is InChI=1S/C19H20BrNO2/c1-4-10-23-19-17(20)11-15(12-18(19)22-3)13-21-16-8-6-14(5-2)7-9-16/h4,6-9,11-13H,1,5,10H2,2-3H3. The van der Waals surface area contributed by atoms with E-state index in [1.807, 2.05) is 30.5 Å². The second-order valence-electron chi connectivity index (χ2n) is 4.91. The van der Waals surface area contributed by atoms with E-state index in [0.717, 1.165) is 22.1 Å². The number of ether oxygens (including phenoxy) is 2. The lowest BCUT2D eigenvalue weighted by molar-refractivity contribution is 0.324. The fourth-order valence-corrected chi connectivity index (χ4v) is 2.64. The van der Waals surface area contributed by atoms with E-state index in [2.05, 4.69) is 46.6 Å². The smallest absolute Gasteiger partial charge is 0.175 e.